The van der Waals surface area contributed by atoms with Crippen LogP contribution < -0.4 is 10.6 Å². The third kappa shape index (κ3) is 5.23. The summed E-state index contributed by atoms with van der Waals surface area (Å²) in [5.74, 6) is 1.54. The largest absolute Gasteiger partial charge is 0.352 e. The van der Waals surface area contributed by atoms with E-state index in [2.05, 4.69) is 50.0 Å². The Morgan fingerprint density at radius 3 is 2.63 bits per heavy atom. The molecule has 1 aliphatic heterocycles. The fourth-order valence-corrected chi connectivity index (χ4v) is 2.62. The topological polar surface area (TPSA) is 39.7 Å². The molecule has 1 heterocycles. The van der Waals surface area contributed by atoms with Crippen LogP contribution in [-0.4, -0.2) is 49.6 Å². The van der Waals surface area contributed by atoms with E-state index in [9.17, 15) is 0 Å². The molecule has 0 aromatic heterocycles. The van der Waals surface area contributed by atoms with E-state index in [4.69, 9.17) is 0 Å². The van der Waals surface area contributed by atoms with Crippen LogP contribution in [-0.2, 0) is 0 Å². The highest BCUT2D eigenvalue weighted by Gasteiger charge is 2.38. The molecule has 1 saturated carbocycles. The summed E-state index contributed by atoms with van der Waals surface area (Å²) in [6.45, 7) is 9.19. The van der Waals surface area contributed by atoms with Gasteiger partial charge in [-0.15, -0.1) is 24.0 Å². The maximum absolute atomic E-state index is 4.26. The Kier molecular flexibility index (Phi) is 7.10. The van der Waals surface area contributed by atoms with Gasteiger partial charge in [-0.1, -0.05) is 29.4 Å². The summed E-state index contributed by atoms with van der Waals surface area (Å²) in [5, 5.41) is 6.77. The molecule has 2 N–H and O–H groups in total. The molecule has 2 atom stereocenters. The molecular weight excluding hydrogens is 419 g/mol. The van der Waals surface area contributed by atoms with Crippen molar-refractivity contribution in [1.82, 2.24) is 15.5 Å². The summed E-state index contributed by atoms with van der Waals surface area (Å²) in [6, 6.07) is 1.36. The number of nitrogens with zero attached hydrogens (tertiary/aromatic N) is 2. The lowest BCUT2D eigenvalue weighted by Gasteiger charge is -2.20. The second kappa shape index (κ2) is 7.83. The number of hydrogen-bond donors (Lipinski definition) is 2. The molecule has 1 aliphatic carbocycles. The van der Waals surface area contributed by atoms with Gasteiger partial charge in [0, 0.05) is 43.2 Å². The van der Waals surface area contributed by atoms with Gasteiger partial charge in [0.15, 0.2) is 5.96 Å². The molecule has 6 heteroatoms. The van der Waals surface area contributed by atoms with Crippen molar-refractivity contribution in [2.45, 2.75) is 31.8 Å². The number of hydrogen-bond acceptors (Lipinski definition) is 2. The van der Waals surface area contributed by atoms with Gasteiger partial charge in [0.05, 0.1) is 0 Å². The van der Waals surface area contributed by atoms with E-state index < -0.39 is 0 Å². The quantitative estimate of drug-likeness (QED) is 0.398. The molecule has 1 saturated heterocycles. The van der Waals surface area contributed by atoms with Gasteiger partial charge in [-0.25, -0.2) is 0 Å². The number of nitrogens with one attached hydrogen (secondary N) is 2. The van der Waals surface area contributed by atoms with Crippen LogP contribution in [0.1, 0.15) is 19.8 Å². The van der Waals surface area contributed by atoms with Crippen molar-refractivity contribution in [3.8, 4) is 0 Å². The zero-order valence-electron chi connectivity index (χ0n) is 11.7. The van der Waals surface area contributed by atoms with Gasteiger partial charge >= 0.3 is 0 Å². The van der Waals surface area contributed by atoms with E-state index >= 15 is 0 Å². The predicted octanol–water partition coefficient (Wildman–Crippen LogP) is 2.16. The highest BCUT2D eigenvalue weighted by atomic mass is 127. The van der Waals surface area contributed by atoms with Crippen LogP contribution in [0.15, 0.2) is 16.1 Å². The highest BCUT2D eigenvalue weighted by molar-refractivity contribution is 14.0. The van der Waals surface area contributed by atoms with Gasteiger partial charge < -0.3 is 10.6 Å². The Bertz CT molecular complexity index is 344. The van der Waals surface area contributed by atoms with Crippen LogP contribution in [0.2, 0.25) is 0 Å². The van der Waals surface area contributed by atoms with E-state index in [0.29, 0.717) is 18.5 Å². The van der Waals surface area contributed by atoms with Crippen molar-refractivity contribution >= 4 is 45.9 Å². The third-order valence-electron chi connectivity index (χ3n) is 3.70. The Morgan fingerprint density at radius 2 is 2.11 bits per heavy atom. The number of rotatable bonds is 4. The summed E-state index contributed by atoms with van der Waals surface area (Å²) in [6.07, 6.45) is 2.77. The average Bonchev–Trinajstić information content (AvgIpc) is 3.10. The molecular formula is C13H24BrIN4. The molecule has 0 amide bonds. The lowest BCUT2D eigenvalue weighted by Crippen LogP contribution is -2.46. The van der Waals surface area contributed by atoms with Gasteiger partial charge in [-0.2, -0.15) is 0 Å². The summed E-state index contributed by atoms with van der Waals surface area (Å²) in [5.41, 5.74) is 0. The zero-order valence-corrected chi connectivity index (χ0v) is 15.6. The minimum Gasteiger partial charge on any atom is -0.352 e. The van der Waals surface area contributed by atoms with Crippen LogP contribution in [0.5, 0.6) is 0 Å². The summed E-state index contributed by atoms with van der Waals surface area (Å²) in [7, 11) is 1.81. The van der Waals surface area contributed by atoms with Crippen LogP contribution in [0.3, 0.4) is 0 Å². The van der Waals surface area contributed by atoms with Crippen LogP contribution in [0.25, 0.3) is 0 Å². The molecule has 19 heavy (non-hydrogen) atoms. The normalized spacial score (nSPS) is 27.8. The van der Waals surface area contributed by atoms with Gasteiger partial charge in [-0.3, -0.25) is 9.89 Å². The number of aliphatic imine (C=N–C) groups is 1. The first kappa shape index (κ1) is 17.2. The second-order valence-electron chi connectivity index (χ2n) is 5.36. The highest BCUT2D eigenvalue weighted by Crippen LogP contribution is 2.31. The van der Waals surface area contributed by atoms with E-state index in [0.717, 1.165) is 23.0 Å². The second-order valence-corrected chi connectivity index (χ2v) is 6.48. The van der Waals surface area contributed by atoms with Crippen molar-refractivity contribution in [3.05, 3.63) is 11.1 Å². The van der Waals surface area contributed by atoms with Crippen LogP contribution >= 0.6 is 39.9 Å². The molecule has 2 rings (SSSR count). The Hall–Kier alpha value is 0.180. The average molecular weight is 443 g/mol. The first-order valence-electron chi connectivity index (χ1n) is 6.64. The Labute approximate surface area is 141 Å². The number of guanidine groups is 1. The van der Waals surface area contributed by atoms with Crippen molar-refractivity contribution in [2.24, 2.45) is 10.9 Å². The van der Waals surface area contributed by atoms with E-state index in [1.54, 1.807) is 0 Å². The molecule has 110 valence electrons. The minimum absolute atomic E-state index is 0. The maximum atomic E-state index is 4.26. The molecule has 0 aromatic carbocycles. The summed E-state index contributed by atoms with van der Waals surface area (Å²) < 4.78 is 0.935. The van der Waals surface area contributed by atoms with Crippen molar-refractivity contribution < 1.29 is 0 Å². The fourth-order valence-electron chi connectivity index (χ4n) is 2.48. The third-order valence-corrected chi connectivity index (χ3v) is 3.98. The first-order chi connectivity index (χ1) is 8.60. The standard InChI is InChI=1S/C13H23BrN4.HI/c1-9-7-18(11-4-5-11)8-12(9)17-13(15-3)16-6-10(2)14;/h9,11-12H,2,4-8H2,1,3H3,(H2,15,16,17);1H. The fraction of sp³-hybridized carbons (Fsp3) is 0.769. The minimum atomic E-state index is 0. The molecule has 4 nitrogen and oxygen atoms in total. The van der Waals surface area contributed by atoms with Gasteiger partial charge in [0.1, 0.15) is 0 Å². The van der Waals surface area contributed by atoms with Crippen molar-refractivity contribution in [1.29, 1.82) is 0 Å². The first-order valence-corrected chi connectivity index (χ1v) is 7.44. The molecule has 0 radical (unpaired) electrons. The monoisotopic (exact) mass is 442 g/mol. The van der Waals surface area contributed by atoms with Crippen LogP contribution in [0.4, 0.5) is 0 Å². The molecule has 2 fully saturated rings. The molecule has 0 spiro atoms. The van der Waals surface area contributed by atoms with Gasteiger partial charge in [0.2, 0.25) is 0 Å². The van der Waals surface area contributed by atoms with Gasteiger partial charge in [-0.05, 0) is 18.8 Å². The predicted molar refractivity (Wildman–Crippen MR) is 95.5 cm³/mol. The molecule has 0 bridgehead atoms. The Balaban J connectivity index is 0.00000180. The lowest BCUT2D eigenvalue weighted by atomic mass is 10.1. The van der Waals surface area contributed by atoms with E-state index in [1.807, 2.05) is 7.05 Å². The lowest BCUT2D eigenvalue weighted by molar-refractivity contribution is 0.315. The Morgan fingerprint density at radius 1 is 1.42 bits per heavy atom. The van der Waals surface area contributed by atoms with Crippen LogP contribution in [0, 0.1) is 5.92 Å². The smallest absolute Gasteiger partial charge is 0.191 e. The summed E-state index contributed by atoms with van der Waals surface area (Å²) >= 11 is 3.35. The van der Waals surface area contributed by atoms with Crippen molar-refractivity contribution in [2.75, 3.05) is 26.7 Å². The SMILES string of the molecule is C=C(Br)CNC(=NC)NC1CN(C2CC2)CC1C.I. The van der Waals surface area contributed by atoms with E-state index in [-0.39, 0.29) is 24.0 Å². The maximum Gasteiger partial charge on any atom is 0.191 e. The molecule has 0 aromatic rings. The summed E-state index contributed by atoms with van der Waals surface area (Å²) in [4.78, 5) is 6.87. The number of likely N-dealkylation sites (tertiary alicyclic amines) is 1. The van der Waals surface area contributed by atoms with E-state index in [1.165, 1.54) is 19.4 Å². The number of halogens is 2. The molecule has 2 unspecified atom stereocenters. The van der Waals surface area contributed by atoms with Gasteiger partial charge in [0.25, 0.3) is 0 Å². The van der Waals surface area contributed by atoms with Crippen molar-refractivity contribution in [3.63, 3.8) is 0 Å². The zero-order chi connectivity index (χ0) is 13.1. The molecule has 2 aliphatic rings.